The predicted octanol–water partition coefficient (Wildman–Crippen LogP) is 1.91. The highest BCUT2D eigenvalue weighted by atomic mass is 16.5. The Morgan fingerprint density at radius 3 is 2.87 bits per heavy atom. The van der Waals surface area contributed by atoms with E-state index in [1.807, 2.05) is 26.0 Å². The third kappa shape index (κ3) is 3.10. The third-order valence-corrected chi connectivity index (χ3v) is 6.88. The summed E-state index contributed by atoms with van der Waals surface area (Å²) in [4.78, 5) is 28.3. The van der Waals surface area contributed by atoms with E-state index < -0.39 is 0 Å². The Labute approximate surface area is 176 Å². The third-order valence-electron chi connectivity index (χ3n) is 6.88. The lowest BCUT2D eigenvalue weighted by Gasteiger charge is -2.29. The van der Waals surface area contributed by atoms with Crippen molar-refractivity contribution in [2.45, 2.75) is 38.4 Å². The van der Waals surface area contributed by atoms with Crippen LogP contribution < -0.4 is 15.0 Å². The second-order valence-electron chi connectivity index (χ2n) is 8.63. The molecule has 3 aliphatic rings. The Morgan fingerprint density at radius 1 is 1.33 bits per heavy atom. The highest BCUT2D eigenvalue weighted by Crippen LogP contribution is 2.54. The molecule has 3 saturated heterocycles. The van der Waals surface area contributed by atoms with Crippen LogP contribution in [0.5, 0.6) is 5.75 Å². The molecule has 8 heteroatoms. The summed E-state index contributed by atoms with van der Waals surface area (Å²) in [7, 11) is 1.61. The van der Waals surface area contributed by atoms with Crippen molar-refractivity contribution in [1.29, 1.82) is 0 Å². The van der Waals surface area contributed by atoms with Crippen molar-refractivity contribution in [2.75, 3.05) is 31.6 Å². The molecule has 4 atom stereocenters. The second-order valence-corrected chi connectivity index (χ2v) is 8.63. The van der Waals surface area contributed by atoms with Gasteiger partial charge < -0.3 is 19.7 Å². The first-order valence-corrected chi connectivity index (χ1v) is 10.5. The van der Waals surface area contributed by atoms with E-state index in [4.69, 9.17) is 9.47 Å². The van der Waals surface area contributed by atoms with Crippen LogP contribution in [0.1, 0.15) is 34.6 Å². The van der Waals surface area contributed by atoms with E-state index in [-0.39, 0.29) is 17.6 Å². The number of hydrogen-bond acceptors (Lipinski definition) is 7. The fourth-order valence-corrected chi connectivity index (χ4v) is 5.43. The number of carbonyl (C=O) groups excluding carboxylic acids is 1. The zero-order valence-corrected chi connectivity index (χ0v) is 17.6. The van der Waals surface area contributed by atoms with Crippen LogP contribution >= 0.6 is 0 Å². The molecule has 0 radical (unpaired) electrons. The molecule has 3 aliphatic heterocycles. The summed E-state index contributed by atoms with van der Waals surface area (Å²) in [6.07, 6.45) is 5.70. The van der Waals surface area contributed by atoms with Crippen LogP contribution in [0, 0.1) is 25.7 Å². The molecule has 0 aromatic carbocycles. The maximum atomic E-state index is 12.7. The minimum atomic E-state index is -0.148. The molecule has 0 unspecified atom stereocenters. The predicted molar refractivity (Wildman–Crippen MR) is 111 cm³/mol. The molecule has 5 heterocycles. The van der Waals surface area contributed by atoms with Crippen LogP contribution in [-0.2, 0) is 4.74 Å². The molecular formula is C22H27N5O3. The minimum absolute atomic E-state index is 0.0647. The summed E-state index contributed by atoms with van der Waals surface area (Å²) < 4.78 is 11.6. The number of nitrogens with zero attached hydrogens (tertiary/aromatic N) is 4. The van der Waals surface area contributed by atoms with E-state index in [1.165, 1.54) is 0 Å². The molecule has 8 nitrogen and oxygen atoms in total. The quantitative estimate of drug-likeness (QED) is 0.807. The van der Waals surface area contributed by atoms with Crippen LogP contribution in [0.4, 0.5) is 5.95 Å². The number of fused-ring (bicyclic) bond motifs is 1. The van der Waals surface area contributed by atoms with E-state index in [2.05, 4.69) is 25.2 Å². The maximum absolute atomic E-state index is 12.7. The number of amides is 1. The number of anilines is 1. The highest BCUT2D eigenvalue weighted by molar-refractivity contribution is 5.95. The Balaban J connectivity index is 1.28. The molecule has 0 saturated carbocycles. The smallest absolute Gasteiger partial charge is 0.253 e. The minimum Gasteiger partial charge on any atom is -0.494 e. The van der Waals surface area contributed by atoms with Crippen LogP contribution in [0.25, 0.3) is 0 Å². The molecule has 158 valence electrons. The Bertz CT molecular complexity index is 966. The van der Waals surface area contributed by atoms with Gasteiger partial charge >= 0.3 is 0 Å². The molecule has 3 fully saturated rings. The Hall–Kier alpha value is -2.74. The number of aromatic nitrogens is 3. The fourth-order valence-electron chi connectivity index (χ4n) is 5.43. The number of aryl methyl sites for hydroxylation is 2. The van der Waals surface area contributed by atoms with Crippen LogP contribution in [-0.4, -0.2) is 59.3 Å². The summed E-state index contributed by atoms with van der Waals surface area (Å²) in [6.45, 7) is 6.06. The first kappa shape index (κ1) is 19.2. The number of hydrogen-bond donors (Lipinski definition) is 1. The number of ether oxygens (including phenoxy) is 2. The van der Waals surface area contributed by atoms with Crippen molar-refractivity contribution >= 4 is 11.9 Å². The van der Waals surface area contributed by atoms with Gasteiger partial charge in [0.15, 0.2) is 5.75 Å². The van der Waals surface area contributed by atoms with E-state index in [0.717, 1.165) is 37.3 Å². The SMILES string of the molecule is COc1cnc(N2C[C@@H]3[C@H](CNC(=O)c4ccc(C)nc4C)[C@H]4CC[C@]3(C2)O4)nc1. The standard InChI is InChI=1S/C22H27N5O3/c1-13-4-5-16(14(2)26-13)20(28)23-10-17-18-11-27(12-22(18)7-6-19(17)30-22)21-24-8-15(29-3)9-25-21/h4-5,8-9,17-19H,6-7,10-12H2,1-3H3,(H,23,28)/t17-,18+,19+,22+/m0/s1. The van der Waals surface area contributed by atoms with Crippen molar-refractivity contribution in [3.05, 3.63) is 41.5 Å². The number of methoxy groups -OCH3 is 1. The molecular weight excluding hydrogens is 382 g/mol. The Morgan fingerprint density at radius 2 is 2.13 bits per heavy atom. The molecule has 0 aliphatic carbocycles. The Kier molecular flexibility index (Phi) is 4.61. The lowest BCUT2D eigenvalue weighted by atomic mass is 9.73. The van der Waals surface area contributed by atoms with Gasteiger partial charge in [0.2, 0.25) is 5.95 Å². The van der Waals surface area contributed by atoms with Crippen LogP contribution in [0.2, 0.25) is 0 Å². The molecule has 2 bridgehead atoms. The summed E-state index contributed by atoms with van der Waals surface area (Å²) in [5, 5.41) is 3.14. The van der Waals surface area contributed by atoms with Gasteiger partial charge in [0, 0.05) is 30.6 Å². The monoisotopic (exact) mass is 409 g/mol. The zero-order valence-electron chi connectivity index (χ0n) is 17.6. The van der Waals surface area contributed by atoms with Gasteiger partial charge in [0.25, 0.3) is 5.91 Å². The molecule has 1 amide bonds. The fraction of sp³-hybridized carbons (Fsp3) is 0.545. The first-order valence-electron chi connectivity index (χ1n) is 10.5. The van der Waals surface area contributed by atoms with Crippen molar-refractivity contribution < 1.29 is 14.3 Å². The normalized spacial score (nSPS) is 29.2. The summed E-state index contributed by atoms with van der Waals surface area (Å²) in [5.41, 5.74) is 2.17. The van der Waals surface area contributed by atoms with Gasteiger partial charge in [-0.15, -0.1) is 0 Å². The molecule has 1 N–H and O–H groups in total. The van der Waals surface area contributed by atoms with Crippen LogP contribution in [0.15, 0.2) is 24.5 Å². The average Bonchev–Trinajstić information content (AvgIpc) is 3.40. The molecule has 2 aromatic rings. The van der Waals surface area contributed by atoms with E-state index in [1.54, 1.807) is 19.5 Å². The number of carbonyl (C=O) groups is 1. The second kappa shape index (κ2) is 7.19. The van der Waals surface area contributed by atoms with Gasteiger partial charge in [0.1, 0.15) is 0 Å². The lowest BCUT2D eigenvalue weighted by Crippen LogP contribution is -2.42. The topological polar surface area (TPSA) is 89.5 Å². The molecule has 5 rings (SSSR count). The van der Waals surface area contributed by atoms with Gasteiger partial charge in [-0.3, -0.25) is 9.78 Å². The van der Waals surface area contributed by atoms with Gasteiger partial charge in [-0.2, -0.15) is 0 Å². The van der Waals surface area contributed by atoms with Crippen LogP contribution in [0.3, 0.4) is 0 Å². The number of nitrogens with one attached hydrogen (secondary N) is 1. The van der Waals surface area contributed by atoms with Crippen molar-refractivity contribution in [3.63, 3.8) is 0 Å². The zero-order chi connectivity index (χ0) is 20.9. The number of pyridine rings is 1. The largest absolute Gasteiger partial charge is 0.494 e. The van der Waals surface area contributed by atoms with E-state index >= 15 is 0 Å². The van der Waals surface area contributed by atoms with Gasteiger partial charge in [-0.1, -0.05) is 0 Å². The van der Waals surface area contributed by atoms with Gasteiger partial charge in [-0.05, 0) is 38.8 Å². The van der Waals surface area contributed by atoms with Crippen molar-refractivity contribution in [1.82, 2.24) is 20.3 Å². The molecule has 2 aromatic heterocycles. The summed E-state index contributed by atoms with van der Waals surface area (Å²) in [5.74, 6) is 1.94. The lowest BCUT2D eigenvalue weighted by molar-refractivity contribution is 0.0141. The van der Waals surface area contributed by atoms with Crippen molar-refractivity contribution in [2.24, 2.45) is 11.8 Å². The average molecular weight is 409 g/mol. The van der Waals surface area contributed by atoms with E-state index in [0.29, 0.717) is 35.6 Å². The molecule has 30 heavy (non-hydrogen) atoms. The number of rotatable bonds is 5. The summed E-state index contributed by atoms with van der Waals surface area (Å²) >= 11 is 0. The van der Waals surface area contributed by atoms with Gasteiger partial charge in [0.05, 0.1) is 49.0 Å². The van der Waals surface area contributed by atoms with Crippen molar-refractivity contribution in [3.8, 4) is 5.75 Å². The first-order chi connectivity index (χ1) is 14.5. The maximum Gasteiger partial charge on any atom is 0.253 e. The highest BCUT2D eigenvalue weighted by Gasteiger charge is 2.63. The summed E-state index contributed by atoms with van der Waals surface area (Å²) in [6, 6.07) is 3.73. The molecule has 1 spiro atoms. The van der Waals surface area contributed by atoms with E-state index in [9.17, 15) is 4.79 Å². The van der Waals surface area contributed by atoms with Gasteiger partial charge in [-0.25, -0.2) is 9.97 Å².